The molecule has 0 saturated carbocycles. The average Bonchev–Trinajstić information content (AvgIpc) is 3.49. The number of rotatable bonds is 16. The van der Waals surface area contributed by atoms with Gasteiger partial charge in [0, 0.05) is 28.1 Å². The summed E-state index contributed by atoms with van der Waals surface area (Å²) in [6.45, 7) is 17.4. The molecule has 1 aromatic carbocycles. The summed E-state index contributed by atoms with van der Waals surface area (Å²) in [5, 5.41) is 2.51. The molecular formula is C36H60N4O9Si. The van der Waals surface area contributed by atoms with Crippen LogP contribution in [0.2, 0.25) is 25.7 Å². The van der Waals surface area contributed by atoms with Gasteiger partial charge in [0.1, 0.15) is 29.5 Å². The maximum atomic E-state index is 14.1. The van der Waals surface area contributed by atoms with Gasteiger partial charge in [-0.05, 0) is 76.6 Å². The van der Waals surface area contributed by atoms with Gasteiger partial charge in [0.25, 0.3) is 0 Å². The Morgan fingerprint density at radius 3 is 2.20 bits per heavy atom. The molecule has 1 fully saturated rings. The van der Waals surface area contributed by atoms with Crippen molar-refractivity contribution in [2.45, 2.75) is 129 Å². The van der Waals surface area contributed by atoms with Gasteiger partial charge in [-0.25, -0.2) is 14.4 Å². The number of methoxy groups -OCH3 is 1. The lowest BCUT2D eigenvalue weighted by Gasteiger charge is -2.34. The molecule has 14 heteroatoms. The van der Waals surface area contributed by atoms with Crippen molar-refractivity contribution < 1.29 is 42.9 Å². The number of ether oxygens (including phenoxy) is 4. The Morgan fingerprint density at radius 2 is 1.66 bits per heavy atom. The molecule has 1 aromatic rings. The highest BCUT2D eigenvalue weighted by molar-refractivity contribution is 6.76. The molecular weight excluding hydrogens is 661 g/mol. The molecule has 1 saturated heterocycles. The highest BCUT2D eigenvalue weighted by atomic mass is 28.3. The minimum Gasteiger partial charge on any atom is -0.497 e. The zero-order valence-corrected chi connectivity index (χ0v) is 32.9. The normalized spacial score (nSPS) is 17.3. The van der Waals surface area contributed by atoms with Gasteiger partial charge in [0.2, 0.25) is 11.8 Å². The number of carbonyl (C=O) groups excluding carboxylic acids is 5. The minimum atomic E-state index is -1.55. The molecule has 1 unspecified atom stereocenters. The molecule has 282 valence electrons. The van der Waals surface area contributed by atoms with Crippen molar-refractivity contribution in [1.82, 2.24) is 15.1 Å². The number of likely N-dealkylation sites (N-methyl/N-ethyl adjacent to an activating group) is 1. The number of esters is 2. The van der Waals surface area contributed by atoms with E-state index in [1.807, 2.05) is 13.8 Å². The van der Waals surface area contributed by atoms with Crippen molar-refractivity contribution in [3.8, 4) is 5.75 Å². The van der Waals surface area contributed by atoms with E-state index in [1.165, 1.54) is 23.8 Å². The topological polar surface area (TPSA) is 167 Å². The van der Waals surface area contributed by atoms with E-state index in [2.05, 4.69) is 25.0 Å². The number of amides is 3. The Hall–Kier alpha value is -3.65. The van der Waals surface area contributed by atoms with Gasteiger partial charge < -0.3 is 39.8 Å². The summed E-state index contributed by atoms with van der Waals surface area (Å²) in [5.74, 6) is -1.48. The molecule has 0 aliphatic carbocycles. The van der Waals surface area contributed by atoms with E-state index in [-0.39, 0.29) is 24.9 Å². The summed E-state index contributed by atoms with van der Waals surface area (Å²) >= 11 is 0. The van der Waals surface area contributed by atoms with Crippen molar-refractivity contribution in [3.63, 3.8) is 0 Å². The monoisotopic (exact) mass is 720 g/mol. The van der Waals surface area contributed by atoms with Crippen LogP contribution in [0.5, 0.6) is 5.75 Å². The molecule has 0 bridgehead atoms. The van der Waals surface area contributed by atoms with Gasteiger partial charge in [-0.3, -0.25) is 9.59 Å². The molecule has 50 heavy (non-hydrogen) atoms. The Bertz CT molecular complexity index is 1310. The van der Waals surface area contributed by atoms with E-state index >= 15 is 0 Å². The van der Waals surface area contributed by atoms with E-state index in [1.54, 1.807) is 52.1 Å². The van der Waals surface area contributed by atoms with Gasteiger partial charge in [-0.1, -0.05) is 45.6 Å². The summed E-state index contributed by atoms with van der Waals surface area (Å²) in [7, 11) is 1.50. The molecule has 1 aliphatic heterocycles. The smallest absolute Gasteiger partial charge is 0.408 e. The third-order valence-electron chi connectivity index (χ3n) is 8.33. The van der Waals surface area contributed by atoms with E-state index in [0.29, 0.717) is 43.2 Å². The van der Waals surface area contributed by atoms with Crippen LogP contribution < -0.4 is 15.8 Å². The van der Waals surface area contributed by atoms with Crippen molar-refractivity contribution in [2.75, 3.05) is 27.3 Å². The summed E-state index contributed by atoms with van der Waals surface area (Å²) in [4.78, 5) is 70.3. The summed E-state index contributed by atoms with van der Waals surface area (Å²) in [6, 6.07) is 3.67. The van der Waals surface area contributed by atoms with Crippen LogP contribution in [0.4, 0.5) is 4.79 Å². The number of hydrogen-bond acceptors (Lipinski definition) is 10. The lowest BCUT2D eigenvalue weighted by atomic mass is 10.0. The third-order valence-corrected chi connectivity index (χ3v) is 10.0. The summed E-state index contributed by atoms with van der Waals surface area (Å²) in [6.07, 6.45) is -0.487. The second-order valence-electron chi connectivity index (χ2n) is 15.7. The fourth-order valence-corrected chi connectivity index (χ4v) is 6.26. The second kappa shape index (κ2) is 18.5. The third kappa shape index (κ3) is 13.6. The fourth-order valence-electron chi connectivity index (χ4n) is 5.54. The number of nitrogens with zero attached hydrogens (tertiary/aromatic N) is 2. The predicted molar refractivity (Wildman–Crippen MR) is 193 cm³/mol. The van der Waals surface area contributed by atoms with Crippen LogP contribution in [0.25, 0.3) is 0 Å². The first-order valence-corrected chi connectivity index (χ1v) is 21.2. The molecule has 3 amide bonds. The van der Waals surface area contributed by atoms with Crippen molar-refractivity contribution in [3.05, 3.63) is 29.8 Å². The summed E-state index contributed by atoms with van der Waals surface area (Å²) < 4.78 is 22.0. The molecule has 0 radical (unpaired) electrons. The maximum Gasteiger partial charge on any atom is 0.408 e. The zero-order chi connectivity index (χ0) is 38.0. The molecule has 3 N–H and O–H groups in total. The zero-order valence-electron chi connectivity index (χ0n) is 31.9. The Labute approximate surface area is 298 Å². The standard InChI is InChI=1S/C36H60N4O9Si/c1-23(2)21-27(37)31(41)40-18-12-13-28(40)32(42)39(7)29(22-25-14-16-26(46-8)17-15-25)33(43)48-24(3)30(38-35(45)49-36(4,5)6)34(44)47-19-20-50(9,10)11/h14-17,23-24,27-30H,12-13,18-22,37H2,1-11H3,(H,38,45)/t24-,27+,28?,29+,30+/m1/s1. The van der Waals surface area contributed by atoms with E-state index in [9.17, 15) is 24.0 Å². The number of alkyl carbamates (subject to hydrolysis) is 1. The van der Waals surface area contributed by atoms with Crippen LogP contribution in [-0.2, 0) is 39.8 Å². The molecule has 0 spiro atoms. The van der Waals surface area contributed by atoms with Crippen LogP contribution in [0, 0.1) is 5.92 Å². The van der Waals surface area contributed by atoms with Gasteiger partial charge in [-0.2, -0.15) is 0 Å². The lowest BCUT2D eigenvalue weighted by molar-refractivity contribution is -0.164. The quantitative estimate of drug-likeness (QED) is 0.144. The highest BCUT2D eigenvalue weighted by Crippen LogP contribution is 2.24. The van der Waals surface area contributed by atoms with Crippen LogP contribution in [-0.4, -0.2) is 111 Å². The SMILES string of the molecule is COc1ccc(C[C@@H](C(=O)O[C@H](C)[C@H](NC(=O)OC(C)(C)C)C(=O)OCC[Si](C)(C)C)N(C)C(=O)C2CCCN2C(=O)[C@@H](N)CC(C)C)cc1. The maximum absolute atomic E-state index is 14.1. The van der Waals surface area contributed by atoms with Gasteiger partial charge in [0.15, 0.2) is 6.04 Å². The average molecular weight is 721 g/mol. The minimum absolute atomic E-state index is 0.0656. The fraction of sp³-hybridized carbons (Fsp3) is 0.694. The predicted octanol–water partition coefficient (Wildman–Crippen LogP) is 4.14. The van der Waals surface area contributed by atoms with Crippen molar-refractivity contribution >= 4 is 37.9 Å². The van der Waals surface area contributed by atoms with E-state index in [4.69, 9.17) is 24.7 Å². The molecule has 13 nitrogen and oxygen atoms in total. The van der Waals surface area contributed by atoms with Gasteiger partial charge >= 0.3 is 18.0 Å². The highest BCUT2D eigenvalue weighted by Gasteiger charge is 2.42. The number of carbonyl (C=O) groups is 5. The molecule has 0 aromatic heterocycles. The van der Waals surface area contributed by atoms with Crippen LogP contribution in [0.15, 0.2) is 24.3 Å². The van der Waals surface area contributed by atoms with Crippen molar-refractivity contribution in [1.29, 1.82) is 0 Å². The molecule has 1 heterocycles. The summed E-state index contributed by atoms with van der Waals surface area (Å²) in [5.41, 5.74) is 6.09. The van der Waals surface area contributed by atoms with Crippen LogP contribution in [0.1, 0.15) is 66.4 Å². The first kappa shape index (κ1) is 42.5. The first-order valence-electron chi connectivity index (χ1n) is 17.5. The Balaban J connectivity index is 2.38. The van der Waals surface area contributed by atoms with Crippen molar-refractivity contribution in [2.24, 2.45) is 11.7 Å². The van der Waals surface area contributed by atoms with E-state index in [0.717, 1.165) is 0 Å². The number of hydrogen-bond donors (Lipinski definition) is 2. The van der Waals surface area contributed by atoms with Crippen LogP contribution in [0.3, 0.4) is 0 Å². The van der Waals surface area contributed by atoms with Crippen LogP contribution >= 0.6 is 0 Å². The number of nitrogens with one attached hydrogen (secondary N) is 1. The van der Waals surface area contributed by atoms with E-state index < -0.39 is 67.9 Å². The molecule has 5 atom stereocenters. The lowest BCUT2D eigenvalue weighted by Crippen LogP contribution is -2.56. The number of nitrogens with two attached hydrogens (primary N) is 1. The number of benzene rings is 1. The number of likely N-dealkylation sites (tertiary alicyclic amines) is 1. The second-order valence-corrected chi connectivity index (χ2v) is 21.3. The Morgan fingerprint density at radius 1 is 1.04 bits per heavy atom. The van der Waals surface area contributed by atoms with Gasteiger partial charge in [0.05, 0.1) is 19.8 Å². The largest absolute Gasteiger partial charge is 0.497 e. The van der Waals surface area contributed by atoms with Gasteiger partial charge in [-0.15, -0.1) is 0 Å². The Kier molecular flexibility index (Phi) is 15.8. The first-order chi connectivity index (χ1) is 23.1. The molecule has 1 aliphatic rings. The molecule has 2 rings (SSSR count).